The first-order chi connectivity index (χ1) is 14.5. The number of urea groups is 1. The van der Waals surface area contributed by atoms with Crippen LogP contribution in [0.2, 0.25) is 0 Å². The number of methoxy groups -OCH3 is 3. The maximum atomic E-state index is 12.8. The molecule has 0 spiro atoms. The number of ether oxygens (including phenoxy) is 3. The zero-order chi connectivity index (χ0) is 21.7. The number of hydrogen-bond acceptors (Lipinski definition) is 5. The predicted octanol–water partition coefficient (Wildman–Crippen LogP) is 4.19. The molecule has 1 heterocycles. The number of amides is 2. The number of para-hydroxylation sites is 1. The number of nitrogens with zero attached hydrogens (tertiary/aromatic N) is 2. The van der Waals surface area contributed by atoms with E-state index in [2.05, 4.69) is 30.1 Å². The van der Waals surface area contributed by atoms with Crippen LogP contribution in [0.4, 0.5) is 16.2 Å². The van der Waals surface area contributed by atoms with Gasteiger partial charge in [0.25, 0.3) is 0 Å². The molecule has 7 heteroatoms. The number of piperazine rings is 1. The van der Waals surface area contributed by atoms with Crippen molar-refractivity contribution in [3.05, 3.63) is 42.0 Å². The third kappa shape index (κ3) is 4.56. The Hall–Kier alpha value is -3.09. The van der Waals surface area contributed by atoms with Gasteiger partial charge in [-0.05, 0) is 17.5 Å². The van der Waals surface area contributed by atoms with Gasteiger partial charge in [-0.15, -0.1) is 0 Å². The zero-order valence-electron chi connectivity index (χ0n) is 18.4. The fourth-order valence-electron chi connectivity index (χ4n) is 3.73. The first-order valence-electron chi connectivity index (χ1n) is 10.2. The van der Waals surface area contributed by atoms with Crippen molar-refractivity contribution < 1.29 is 19.0 Å². The molecule has 0 bridgehead atoms. The van der Waals surface area contributed by atoms with E-state index in [1.165, 1.54) is 0 Å². The molecule has 2 amide bonds. The largest absolute Gasteiger partial charge is 0.493 e. The van der Waals surface area contributed by atoms with E-state index >= 15 is 0 Å². The molecule has 1 aliphatic heterocycles. The van der Waals surface area contributed by atoms with Gasteiger partial charge in [-0.25, -0.2) is 4.79 Å². The molecule has 0 radical (unpaired) electrons. The highest BCUT2D eigenvalue weighted by atomic mass is 16.5. The third-order valence-electron chi connectivity index (χ3n) is 5.41. The van der Waals surface area contributed by atoms with Gasteiger partial charge < -0.3 is 29.3 Å². The van der Waals surface area contributed by atoms with Gasteiger partial charge in [0.1, 0.15) is 0 Å². The Morgan fingerprint density at radius 2 is 1.53 bits per heavy atom. The molecule has 1 fully saturated rings. The van der Waals surface area contributed by atoms with E-state index < -0.39 is 0 Å². The van der Waals surface area contributed by atoms with Gasteiger partial charge in [-0.1, -0.05) is 32.0 Å². The Morgan fingerprint density at radius 1 is 0.933 bits per heavy atom. The van der Waals surface area contributed by atoms with E-state index in [0.29, 0.717) is 36.3 Å². The summed E-state index contributed by atoms with van der Waals surface area (Å²) in [7, 11) is 4.81. The molecule has 0 aliphatic carbocycles. The lowest BCUT2D eigenvalue weighted by Crippen LogP contribution is -2.50. The highest BCUT2D eigenvalue weighted by molar-refractivity contribution is 5.90. The summed E-state index contributed by atoms with van der Waals surface area (Å²) in [6.07, 6.45) is 0. The Bertz CT molecular complexity index is 851. The standard InChI is InChI=1S/C23H31N3O4/c1-16(2)18-8-6-7-9-19(18)24-23(27)26-12-10-25(11-13-26)17-14-20(28-3)22(30-5)21(15-17)29-4/h6-9,14-16H,10-13H2,1-5H3,(H,24,27). The topological polar surface area (TPSA) is 63.3 Å². The summed E-state index contributed by atoms with van der Waals surface area (Å²) in [6, 6.07) is 11.8. The van der Waals surface area contributed by atoms with Crippen LogP contribution < -0.4 is 24.4 Å². The number of anilines is 2. The van der Waals surface area contributed by atoms with E-state index in [-0.39, 0.29) is 6.03 Å². The molecular formula is C23H31N3O4. The molecule has 30 heavy (non-hydrogen) atoms. The van der Waals surface area contributed by atoms with Crippen LogP contribution in [0.3, 0.4) is 0 Å². The summed E-state index contributed by atoms with van der Waals surface area (Å²) < 4.78 is 16.3. The second-order valence-corrected chi connectivity index (χ2v) is 7.53. The van der Waals surface area contributed by atoms with Crippen molar-refractivity contribution in [1.82, 2.24) is 4.90 Å². The van der Waals surface area contributed by atoms with E-state index in [9.17, 15) is 4.79 Å². The van der Waals surface area contributed by atoms with Crippen molar-refractivity contribution in [1.29, 1.82) is 0 Å². The molecule has 7 nitrogen and oxygen atoms in total. The van der Waals surface area contributed by atoms with Gasteiger partial charge in [0.15, 0.2) is 11.5 Å². The molecule has 0 atom stereocenters. The molecule has 1 aliphatic rings. The van der Waals surface area contributed by atoms with E-state index in [4.69, 9.17) is 14.2 Å². The van der Waals surface area contributed by atoms with Crippen molar-refractivity contribution in [2.24, 2.45) is 0 Å². The van der Waals surface area contributed by atoms with Gasteiger partial charge >= 0.3 is 6.03 Å². The van der Waals surface area contributed by atoms with Crippen molar-refractivity contribution >= 4 is 17.4 Å². The van der Waals surface area contributed by atoms with Crippen molar-refractivity contribution in [3.8, 4) is 17.2 Å². The number of nitrogens with one attached hydrogen (secondary N) is 1. The molecule has 0 unspecified atom stereocenters. The van der Waals surface area contributed by atoms with Crippen LogP contribution in [-0.4, -0.2) is 58.4 Å². The van der Waals surface area contributed by atoms with Crippen molar-refractivity contribution in [3.63, 3.8) is 0 Å². The highest BCUT2D eigenvalue weighted by Crippen LogP contribution is 2.41. The van der Waals surface area contributed by atoms with Crippen LogP contribution in [0.1, 0.15) is 25.3 Å². The predicted molar refractivity (Wildman–Crippen MR) is 119 cm³/mol. The van der Waals surface area contributed by atoms with Gasteiger partial charge in [0.05, 0.1) is 21.3 Å². The molecule has 1 saturated heterocycles. The van der Waals surface area contributed by atoms with E-state index in [1.54, 1.807) is 21.3 Å². The first-order valence-corrected chi connectivity index (χ1v) is 10.2. The molecule has 162 valence electrons. The molecule has 0 aromatic heterocycles. The van der Waals surface area contributed by atoms with Gasteiger partial charge in [-0.2, -0.15) is 0 Å². The molecule has 2 aromatic rings. The summed E-state index contributed by atoms with van der Waals surface area (Å²) in [5, 5.41) is 3.08. The Kier molecular flexibility index (Phi) is 6.92. The minimum atomic E-state index is -0.0624. The summed E-state index contributed by atoms with van der Waals surface area (Å²) in [4.78, 5) is 16.9. The Morgan fingerprint density at radius 3 is 2.07 bits per heavy atom. The number of rotatable bonds is 6. The van der Waals surface area contributed by atoms with Gasteiger partial charge in [0, 0.05) is 49.7 Å². The van der Waals surface area contributed by atoms with Crippen molar-refractivity contribution in [2.75, 3.05) is 57.7 Å². The van der Waals surface area contributed by atoms with E-state index in [0.717, 1.165) is 30.0 Å². The normalized spacial score (nSPS) is 13.9. The maximum Gasteiger partial charge on any atom is 0.321 e. The van der Waals surface area contributed by atoms with Crippen LogP contribution in [0, 0.1) is 0 Å². The number of benzene rings is 2. The summed E-state index contributed by atoms with van der Waals surface area (Å²) in [5.41, 5.74) is 3.00. The van der Waals surface area contributed by atoms with Gasteiger partial charge in [0.2, 0.25) is 5.75 Å². The zero-order valence-corrected chi connectivity index (χ0v) is 18.4. The molecule has 1 N–H and O–H groups in total. The third-order valence-corrected chi connectivity index (χ3v) is 5.41. The second-order valence-electron chi connectivity index (χ2n) is 7.53. The van der Waals surface area contributed by atoms with Gasteiger partial charge in [-0.3, -0.25) is 0 Å². The number of hydrogen-bond donors (Lipinski definition) is 1. The summed E-state index contributed by atoms with van der Waals surface area (Å²) >= 11 is 0. The monoisotopic (exact) mass is 413 g/mol. The van der Waals surface area contributed by atoms with Crippen LogP contribution >= 0.6 is 0 Å². The average molecular weight is 414 g/mol. The first kappa shape index (κ1) is 21.6. The molecular weight excluding hydrogens is 382 g/mol. The lowest BCUT2D eigenvalue weighted by atomic mass is 10.0. The minimum Gasteiger partial charge on any atom is -0.493 e. The maximum absolute atomic E-state index is 12.8. The van der Waals surface area contributed by atoms with Crippen LogP contribution in [0.15, 0.2) is 36.4 Å². The highest BCUT2D eigenvalue weighted by Gasteiger charge is 2.24. The smallest absolute Gasteiger partial charge is 0.321 e. The van der Waals surface area contributed by atoms with Crippen molar-refractivity contribution in [2.45, 2.75) is 19.8 Å². The number of carbonyl (C=O) groups is 1. The summed E-state index contributed by atoms with van der Waals surface area (Å²) in [5.74, 6) is 2.17. The number of carbonyl (C=O) groups excluding carboxylic acids is 1. The fourth-order valence-corrected chi connectivity index (χ4v) is 3.73. The van der Waals surface area contributed by atoms with Crippen LogP contribution in [-0.2, 0) is 0 Å². The lowest BCUT2D eigenvalue weighted by molar-refractivity contribution is 0.208. The second kappa shape index (κ2) is 9.61. The van der Waals surface area contributed by atoms with Crippen LogP contribution in [0.25, 0.3) is 0 Å². The Balaban J connectivity index is 1.67. The Labute approximate surface area is 178 Å². The SMILES string of the molecule is COc1cc(N2CCN(C(=O)Nc3ccccc3C(C)C)CC2)cc(OC)c1OC. The quantitative estimate of drug-likeness (QED) is 0.769. The fraction of sp³-hybridized carbons (Fsp3) is 0.435. The van der Waals surface area contributed by atoms with Crippen LogP contribution in [0.5, 0.6) is 17.2 Å². The van der Waals surface area contributed by atoms with E-state index in [1.807, 2.05) is 35.2 Å². The minimum absolute atomic E-state index is 0.0624. The molecule has 0 saturated carbocycles. The molecule has 2 aromatic carbocycles. The average Bonchev–Trinajstić information content (AvgIpc) is 2.78. The molecule has 3 rings (SSSR count). The lowest BCUT2D eigenvalue weighted by Gasteiger charge is -2.36. The summed E-state index contributed by atoms with van der Waals surface area (Å²) in [6.45, 7) is 6.96.